The minimum Gasteiger partial charge on any atom is -0.484 e. The highest BCUT2D eigenvalue weighted by atomic mass is 35.5. The van der Waals surface area contributed by atoms with Gasteiger partial charge in [-0.15, -0.1) is 0 Å². The van der Waals surface area contributed by atoms with E-state index in [1.807, 2.05) is 0 Å². The minimum absolute atomic E-state index is 0.0956. The molecule has 0 saturated carbocycles. The zero-order chi connectivity index (χ0) is 16.3. The summed E-state index contributed by atoms with van der Waals surface area (Å²) in [4.78, 5) is 11.8. The molecule has 0 unspecified atom stereocenters. The van der Waals surface area contributed by atoms with Crippen molar-refractivity contribution in [2.45, 2.75) is 0 Å². The summed E-state index contributed by atoms with van der Waals surface area (Å²) in [6.07, 6.45) is 0. The van der Waals surface area contributed by atoms with Gasteiger partial charge in [-0.2, -0.15) is 0 Å². The van der Waals surface area contributed by atoms with Gasteiger partial charge in [-0.1, -0.05) is 46.4 Å². The van der Waals surface area contributed by atoms with Gasteiger partial charge in [-0.25, -0.2) is 4.39 Å². The second-order valence-corrected chi connectivity index (χ2v) is 5.82. The first-order valence-corrected chi connectivity index (χ1v) is 7.40. The highest BCUT2D eigenvalue weighted by molar-refractivity contribution is 6.42. The lowest BCUT2D eigenvalue weighted by molar-refractivity contribution is -0.118. The lowest BCUT2D eigenvalue weighted by Crippen LogP contribution is -2.20. The van der Waals surface area contributed by atoms with Crippen LogP contribution in [0, 0.1) is 5.82 Å². The molecule has 0 atom stereocenters. The maximum atomic E-state index is 13.0. The summed E-state index contributed by atoms with van der Waals surface area (Å²) in [5, 5.41) is 3.17. The van der Waals surface area contributed by atoms with Crippen LogP contribution in [-0.2, 0) is 4.79 Å². The Morgan fingerprint density at radius 1 is 1.05 bits per heavy atom. The van der Waals surface area contributed by atoms with Gasteiger partial charge in [0.1, 0.15) is 11.6 Å². The molecule has 2 aromatic carbocycles. The van der Waals surface area contributed by atoms with Crippen molar-refractivity contribution in [2.24, 2.45) is 0 Å². The van der Waals surface area contributed by atoms with Crippen molar-refractivity contribution in [3.8, 4) is 5.75 Å². The Labute approximate surface area is 145 Å². The van der Waals surface area contributed by atoms with E-state index < -0.39 is 11.7 Å². The normalized spacial score (nSPS) is 10.4. The summed E-state index contributed by atoms with van der Waals surface area (Å²) in [7, 11) is 0. The third-order valence-corrected chi connectivity index (χ3v) is 3.64. The van der Waals surface area contributed by atoms with Gasteiger partial charge in [0.2, 0.25) is 0 Å². The first-order chi connectivity index (χ1) is 10.4. The molecule has 2 rings (SSSR count). The molecule has 0 heterocycles. The average Bonchev–Trinajstić information content (AvgIpc) is 2.44. The van der Waals surface area contributed by atoms with E-state index in [0.717, 1.165) is 6.07 Å². The Balaban J connectivity index is 2.00. The number of carbonyl (C=O) groups excluding carboxylic acids is 1. The highest BCUT2D eigenvalue weighted by Gasteiger charge is 2.12. The van der Waals surface area contributed by atoms with Crippen LogP contribution < -0.4 is 10.1 Å². The maximum Gasteiger partial charge on any atom is 0.262 e. The van der Waals surface area contributed by atoms with Crippen LogP contribution in [0.2, 0.25) is 20.1 Å². The van der Waals surface area contributed by atoms with Gasteiger partial charge in [0, 0.05) is 11.1 Å². The molecule has 0 fully saturated rings. The molecular weight excluding hydrogens is 375 g/mol. The molecule has 0 aliphatic rings. The SMILES string of the molecule is O=C(COc1ccc(F)c(Cl)c1)Nc1c(Cl)cc(Cl)cc1Cl. The number of hydrogen-bond donors (Lipinski definition) is 1. The van der Waals surface area contributed by atoms with Crippen molar-refractivity contribution in [3.05, 3.63) is 56.2 Å². The number of halogens is 5. The quantitative estimate of drug-likeness (QED) is 0.762. The third-order valence-electron chi connectivity index (χ3n) is 2.53. The number of amides is 1. The lowest BCUT2D eigenvalue weighted by atomic mass is 10.3. The number of rotatable bonds is 4. The summed E-state index contributed by atoms with van der Waals surface area (Å²) in [6.45, 7) is -0.322. The molecule has 1 amide bonds. The summed E-state index contributed by atoms with van der Waals surface area (Å²) in [6, 6.07) is 6.67. The standard InChI is InChI=1S/C14H8Cl4FNO2/c15-7-3-10(17)14(11(18)4-7)20-13(21)6-22-8-1-2-12(19)9(16)5-8/h1-5H,6H2,(H,20,21). The van der Waals surface area contributed by atoms with E-state index in [0.29, 0.717) is 5.02 Å². The van der Waals surface area contributed by atoms with Crippen LogP contribution in [0.25, 0.3) is 0 Å². The highest BCUT2D eigenvalue weighted by Crippen LogP contribution is 2.33. The van der Waals surface area contributed by atoms with E-state index in [1.165, 1.54) is 24.3 Å². The van der Waals surface area contributed by atoms with Crippen molar-refractivity contribution < 1.29 is 13.9 Å². The molecule has 0 spiro atoms. The topological polar surface area (TPSA) is 38.3 Å². The average molecular weight is 383 g/mol. The van der Waals surface area contributed by atoms with Gasteiger partial charge in [0.05, 0.1) is 20.8 Å². The van der Waals surface area contributed by atoms with Crippen LogP contribution in [0.3, 0.4) is 0 Å². The van der Waals surface area contributed by atoms with Crippen molar-refractivity contribution in [3.63, 3.8) is 0 Å². The van der Waals surface area contributed by atoms with Crippen LogP contribution >= 0.6 is 46.4 Å². The number of benzene rings is 2. The maximum absolute atomic E-state index is 13.0. The van der Waals surface area contributed by atoms with Gasteiger partial charge < -0.3 is 10.1 Å². The molecule has 2 aromatic rings. The fourth-order valence-electron chi connectivity index (χ4n) is 1.55. The Morgan fingerprint density at radius 2 is 1.68 bits per heavy atom. The fraction of sp³-hybridized carbons (Fsp3) is 0.0714. The van der Waals surface area contributed by atoms with Gasteiger partial charge in [-0.3, -0.25) is 4.79 Å². The van der Waals surface area contributed by atoms with E-state index in [2.05, 4.69) is 5.32 Å². The van der Waals surface area contributed by atoms with Gasteiger partial charge in [0.25, 0.3) is 5.91 Å². The van der Waals surface area contributed by atoms with Crippen molar-refractivity contribution in [1.29, 1.82) is 0 Å². The monoisotopic (exact) mass is 381 g/mol. The number of nitrogens with one attached hydrogen (secondary N) is 1. The lowest BCUT2D eigenvalue weighted by Gasteiger charge is -2.11. The Bertz CT molecular complexity index is 701. The number of carbonyl (C=O) groups is 1. The van der Waals surface area contributed by atoms with Gasteiger partial charge >= 0.3 is 0 Å². The molecule has 8 heteroatoms. The number of ether oxygens (including phenoxy) is 1. The van der Waals surface area contributed by atoms with Gasteiger partial charge in [-0.05, 0) is 24.3 Å². The molecule has 1 N–H and O–H groups in total. The van der Waals surface area contributed by atoms with E-state index >= 15 is 0 Å². The zero-order valence-electron chi connectivity index (χ0n) is 10.8. The second-order valence-electron chi connectivity index (χ2n) is 4.16. The molecule has 0 saturated heterocycles. The first-order valence-electron chi connectivity index (χ1n) is 5.89. The molecule has 22 heavy (non-hydrogen) atoms. The van der Waals surface area contributed by atoms with Crippen LogP contribution in [0.15, 0.2) is 30.3 Å². The summed E-state index contributed by atoms with van der Waals surface area (Å²) in [5.74, 6) is -0.806. The predicted octanol–water partition coefficient (Wildman–Crippen LogP) is 5.46. The van der Waals surface area contributed by atoms with Crippen molar-refractivity contribution >= 4 is 58.0 Å². The van der Waals surface area contributed by atoms with Crippen LogP contribution in [-0.4, -0.2) is 12.5 Å². The van der Waals surface area contributed by atoms with Crippen LogP contribution in [0.5, 0.6) is 5.75 Å². The molecule has 3 nitrogen and oxygen atoms in total. The van der Waals surface area contributed by atoms with E-state index in [4.69, 9.17) is 51.1 Å². The Morgan fingerprint density at radius 3 is 2.27 bits per heavy atom. The molecule has 0 radical (unpaired) electrons. The smallest absolute Gasteiger partial charge is 0.262 e. The molecule has 116 valence electrons. The Kier molecular flexibility index (Phi) is 5.75. The largest absolute Gasteiger partial charge is 0.484 e. The van der Waals surface area contributed by atoms with Crippen LogP contribution in [0.4, 0.5) is 10.1 Å². The third kappa shape index (κ3) is 4.40. The molecule has 0 bridgehead atoms. The second kappa shape index (κ2) is 7.38. The number of hydrogen-bond acceptors (Lipinski definition) is 2. The molecular formula is C14H8Cl4FNO2. The first kappa shape index (κ1) is 17.2. The Hall–Kier alpha value is -1.20. The van der Waals surface area contributed by atoms with E-state index in [1.54, 1.807) is 0 Å². The minimum atomic E-state index is -0.571. The summed E-state index contributed by atoms with van der Waals surface area (Å²) < 4.78 is 18.2. The van der Waals surface area contributed by atoms with Crippen molar-refractivity contribution in [1.82, 2.24) is 0 Å². The fourth-order valence-corrected chi connectivity index (χ4v) is 2.63. The predicted molar refractivity (Wildman–Crippen MR) is 87.0 cm³/mol. The van der Waals surface area contributed by atoms with Gasteiger partial charge in [0.15, 0.2) is 6.61 Å². The molecule has 0 aliphatic heterocycles. The molecule has 0 aromatic heterocycles. The summed E-state index contributed by atoms with van der Waals surface area (Å²) >= 11 is 23.3. The number of anilines is 1. The molecule has 0 aliphatic carbocycles. The van der Waals surface area contributed by atoms with Crippen molar-refractivity contribution in [2.75, 3.05) is 11.9 Å². The van der Waals surface area contributed by atoms with E-state index in [-0.39, 0.29) is 33.1 Å². The van der Waals surface area contributed by atoms with Crippen LogP contribution in [0.1, 0.15) is 0 Å². The van der Waals surface area contributed by atoms with E-state index in [9.17, 15) is 9.18 Å². The summed E-state index contributed by atoms with van der Waals surface area (Å²) in [5.41, 5.74) is 0.235. The zero-order valence-corrected chi connectivity index (χ0v) is 13.8.